The minimum absolute atomic E-state index is 0. The molecule has 0 saturated heterocycles. The summed E-state index contributed by atoms with van der Waals surface area (Å²) in [5.74, 6) is 0. The molecule has 0 aromatic heterocycles. The zero-order valence-electron chi connectivity index (χ0n) is 8.45. The van der Waals surface area contributed by atoms with Crippen LogP contribution in [0.3, 0.4) is 0 Å². The van der Waals surface area contributed by atoms with E-state index < -0.39 is 0 Å². The summed E-state index contributed by atoms with van der Waals surface area (Å²) in [6.45, 7) is 5.18. The number of rotatable bonds is 7. The second-order valence-electron chi connectivity index (χ2n) is 2.47. The number of halogens is 2. The van der Waals surface area contributed by atoms with Crippen LogP contribution >= 0.6 is 37.0 Å². The van der Waals surface area contributed by atoms with Gasteiger partial charge in [-0.1, -0.05) is 6.92 Å². The fourth-order valence-electron chi connectivity index (χ4n) is 0.779. The van der Waals surface area contributed by atoms with E-state index in [1.807, 2.05) is 0 Å². The minimum Gasteiger partial charge on any atom is -0.486 e. The number of hydrogen-bond donors (Lipinski definition) is 2. The number of nitrogens with two attached hydrogens (primary N) is 1. The summed E-state index contributed by atoms with van der Waals surface area (Å²) < 4.78 is 5.15. The van der Waals surface area contributed by atoms with E-state index in [2.05, 4.69) is 12.2 Å². The summed E-state index contributed by atoms with van der Waals surface area (Å²) in [5, 5.41) is 3.90. The highest BCUT2D eigenvalue weighted by Crippen LogP contribution is 1.93. The first-order valence-corrected chi connectivity index (χ1v) is 4.78. The maximum absolute atomic E-state index is 5.26. The van der Waals surface area contributed by atoms with Gasteiger partial charge in [0.05, 0.1) is 0 Å². The molecule has 0 aromatic carbocycles. The van der Waals surface area contributed by atoms with Crippen LogP contribution in [-0.4, -0.2) is 31.3 Å². The Kier molecular flexibility index (Phi) is 22.5. The van der Waals surface area contributed by atoms with Gasteiger partial charge in [0, 0.05) is 13.0 Å². The molecule has 0 fully saturated rings. The molecule has 0 spiro atoms. The molecule has 0 aliphatic heterocycles. The van der Waals surface area contributed by atoms with Crippen molar-refractivity contribution in [3.8, 4) is 0 Å². The maximum atomic E-state index is 5.26. The summed E-state index contributed by atoms with van der Waals surface area (Å²) in [5.41, 5.74) is 5.26. The molecule has 0 atom stereocenters. The lowest BCUT2D eigenvalue weighted by Gasteiger charge is -2.05. The highest BCUT2D eigenvalue weighted by molar-refractivity contribution is 7.80. The molecule has 0 aliphatic rings. The third-order valence-electron chi connectivity index (χ3n) is 1.37. The Morgan fingerprint density at radius 2 is 2.07 bits per heavy atom. The van der Waals surface area contributed by atoms with Gasteiger partial charge in [-0.3, -0.25) is 0 Å². The van der Waals surface area contributed by atoms with Gasteiger partial charge < -0.3 is 15.8 Å². The number of hydrogen-bond acceptors (Lipinski definition) is 4. The Morgan fingerprint density at radius 1 is 1.43 bits per heavy atom. The maximum Gasteiger partial charge on any atom is 0.159 e. The zero-order valence-corrected chi connectivity index (χ0v) is 10.9. The van der Waals surface area contributed by atoms with E-state index in [4.69, 9.17) is 22.7 Å². The molecular weight excluding hydrogens is 243 g/mol. The predicted octanol–water partition coefficient (Wildman–Crippen LogP) is 1.52. The number of ether oxygens (including phenoxy) is 1. The Hall–Kier alpha value is 0.390. The summed E-state index contributed by atoms with van der Waals surface area (Å²) in [6, 6.07) is 0. The van der Waals surface area contributed by atoms with Crippen molar-refractivity contribution in [1.29, 1.82) is 0 Å². The fourth-order valence-corrected chi connectivity index (χ4v) is 1.01. The molecule has 3 N–H and O–H groups in total. The Balaban J connectivity index is -0.000000605. The van der Waals surface area contributed by atoms with Gasteiger partial charge in [-0.15, -0.1) is 24.8 Å². The zero-order chi connectivity index (χ0) is 9.23. The summed E-state index contributed by atoms with van der Waals surface area (Å²) in [4.78, 5) is 0. The van der Waals surface area contributed by atoms with E-state index in [0.717, 1.165) is 25.9 Å². The number of nitrogens with one attached hydrogen (secondary N) is 1. The fraction of sp³-hybridized carbons (Fsp3) is 0.875. The molecule has 0 bridgehead atoms. The van der Waals surface area contributed by atoms with E-state index in [-0.39, 0.29) is 24.8 Å². The van der Waals surface area contributed by atoms with Gasteiger partial charge >= 0.3 is 0 Å². The average Bonchev–Trinajstić information content (AvgIpc) is 2.09. The Labute approximate surface area is 104 Å². The third kappa shape index (κ3) is 14.9. The van der Waals surface area contributed by atoms with Crippen LogP contribution in [0, 0.1) is 0 Å². The molecule has 88 valence electrons. The topological polar surface area (TPSA) is 47.3 Å². The van der Waals surface area contributed by atoms with Crippen LogP contribution in [0.1, 0.15) is 19.8 Å². The van der Waals surface area contributed by atoms with Crippen LogP contribution in [-0.2, 0) is 4.74 Å². The van der Waals surface area contributed by atoms with Gasteiger partial charge in [-0.05, 0) is 31.7 Å². The largest absolute Gasteiger partial charge is 0.486 e. The van der Waals surface area contributed by atoms with E-state index >= 15 is 0 Å². The molecule has 6 heteroatoms. The predicted molar refractivity (Wildman–Crippen MR) is 69.9 cm³/mol. The molecule has 0 radical (unpaired) electrons. The lowest BCUT2D eigenvalue weighted by atomic mass is 10.3. The van der Waals surface area contributed by atoms with Gasteiger partial charge in [-0.25, -0.2) is 0 Å². The van der Waals surface area contributed by atoms with E-state index in [9.17, 15) is 0 Å². The van der Waals surface area contributed by atoms with Gasteiger partial charge in [-0.2, -0.15) is 0 Å². The molecule has 14 heavy (non-hydrogen) atoms. The second-order valence-corrected chi connectivity index (χ2v) is 2.92. The van der Waals surface area contributed by atoms with Crippen LogP contribution in [0.15, 0.2) is 0 Å². The van der Waals surface area contributed by atoms with Crippen molar-refractivity contribution >= 4 is 42.1 Å². The lowest BCUT2D eigenvalue weighted by molar-refractivity contribution is 0.314. The van der Waals surface area contributed by atoms with Crippen molar-refractivity contribution in [3.63, 3.8) is 0 Å². The monoisotopic (exact) mass is 262 g/mol. The van der Waals surface area contributed by atoms with Crippen LogP contribution < -0.4 is 11.1 Å². The Bertz CT molecular complexity index is 128. The van der Waals surface area contributed by atoms with E-state index in [0.29, 0.717) is 18.2 Å². The number of thiocarbonyl (C=S) groups is 1. The van der Waals surface area contributed by atoms with Crippen LogP contribution in [0.5, 0.6) is 0 Å². The van der Waals surface area contributed by atoms with Crippen molar-refractivity contribution in [3.05, 3.63) is 0 Å². The first-order chi connectivity index (χ1) is 5.81. The summed E-state index contributed by atoms with van der Waals surface area (Å²) >= 11 is 4.96. The van der Waals surface area contributed by atoms with Crippen molar-refractivity contribution in [2.45, 2.75) is 19.8 Å². The molecule has 0 rings (SSSR count). The molecule has 0 aromatic rings. The summed E-state index contributed by atoms with van der Waals surface area (Å²) in [6.07, 6.45) is 1.89. The molecule has 0 unspecified atom stereocenters. The second kappa shape index (κ2) is 15.8. The third-order valence-corrected chi connectivity index (χ3v) is 1.69. The lowest BCUT2D eigenvalue weighted by Crippen LogP contribution is -2.16. The van der Waals surface area contributed by atoms with Gasteiger partial charge in [0.2, 0.25) is 0 Å². The van der Waals surface area contributed by atoms with Crippen molar-refractivity contribution in [2.75, 3.05) is 26.2 Å². The van der Waals surface area contributed by atoms with E-state index in [1.54, 1.807) is 0 Å². The van der Waals surface area contributed by atoms with Gasteiger partial charge in [0.25, 0.3) is 0 Å². The molecule has 0 heterocycles. The quantitative estimate of drug-likeness (QED) is 0.540. The van der Waals surface area contributed by atoms with Crippen LogP contribution in [0.25, 0.3) is 0 Å². The molecule has 0 aliphatic carbocycles. The summed E-state index contributed by atoms with van der Waals surface area (Å²) in [7, 11) is 0. The molecule has 0 amide bonds. The van der Waals surface area contributed by atoms with Crippen LogP contribution in [0.2, 0.25) is 0 Å². The van der Waals surface area contributed by atoms with Crippen molar-refractivity contribution in [1.82, 2.24) is 5.32 Å². The smallest absolute Gasteiger partial charge is 0.159 e. The highest BCUT2D eigenvalue weighted by atomic mass is 35.5. The normalized spacial score (nSPS) is 8.43. The highest BCUT2D eigenvalue weighted by Gasteiger charge is 1.95. The minimum atomic E-state index is 0. The SMILES string of the molecule is CCNCCCC(=S)OCCN.Cl.Cl. The van der Waals surface area contributed by atoms with Crippen molar-refractivity contribution in [2.24, 2.45) is 5.73 Å². The van der Waals surface area contributed by atoms with Gasteiger partial charge in [0.15, 0.2) is 5.05 Å². The van der Waals surface area contributed by atoms with E-state index in [1.165, 1.54) is 0 Å². The first kappa shape index (κ1) is 19.9. The molecule has 0 saturated carbocycles. The average molecular weight is 263 g/mol. The van der Waals surface area contributed by atoms with Gasteiger partial charge in [0.1, 0.15) is 6.61 Å². The molecular formula is C8H20Cl2N2OS. The first-order valence-electron chi connectivity index (χ1n) is 4.37. The molecule has 3 nitrogen and oxygen atoms in total. The van der Waals surface area contributed by atoms with Crippen molar-refractivity contribution < 1.29 is 4.74 Å². The Morgan fingerprint density at radius 3 is 2.57 bits per heavy atom. The standard InChI is InChI=1S/C8H18N2OS.2ClH/c1-2-10-6-3-4-8(12)11-7-5-9;;/h10H,2-7,9H2,1H3;2*1H. The van der Waals surface area contributed by atoms with Crippen LogP contribution in [0.4, 0.5) is 0 Å².